The van der Waals surface area contributed by atoms with E-state index in [1.165, 1.54) is 25.7 Å². The van der Waals surface area contributed by atoms with Gasteiger partial charge in [-0.3, -0.25) is 4.79 Å². The van der Waals surface area contributed by atoms with Gasteiger partial charge in [0, 0.05) is 18.6 Å². The summed E-state index contributed by atoms with van der Waals surface area (Å²) in [5, 5.41) is 3.30. The van der Waals surface area contributed by atoms with Crippen molar-refractivity contribution < 1.29 is 4.79 Å². The van der Waals surface area contributed by atoms with Crippen molar-refractivity contribution in [2.45, 2.75) is 71.4 Å². The van der Waals surface area contributed by atoms with E-state index in [4.69, 9.17) is 0 Å². The van der Waals surface area contributed by atoms with Crippen LogP contribution in [-0.2, 0) is 4.79 Å². The lowest BCUT2D eigenvalue weighted by molar-refractivity contribution is -0.134. The van der Waals surface area contributed by atoms with Crippen molar-refractivity contribution in [1.29, 1.82) is 0 Å². The summed E-state index contributed by atoms with van der Waals surface area (Å²) < 4.78 is 0. The van der Waals surface area contributed by atoms with Gasteiger partial charge in [-0.1, -0.05) is 20.3 Å². The molecule has 2 atom stereocenters. The van der Waals surface area contributed by atoms with Crippen LogP contribution in [0, 0.1) is 0 Å². The van der Waals surface area contributed by atoms with Crippen LogP contribution >= 0.6 is 0 Å². The van der Waals surface area contributed by atoms with Crippen LogP contribution in [0.5, 0.6) is 0 Å². The molecule has 1 N–H and O–H groups in total. The van der Waals surface area contributed by atoms with Crippen molar-refractivity contribution >= 4 is 5.91 Å². The summed E-state index contributed by atoms with van der Waals surface area (Å²) in [4.78, 5) is 14.3. The van der Waals surface area contributed by atoms with Crippen LogP contribution in [0.15, 0.2) is 0 Å². The highest BCUT2D eigenvalue weighted by atomic mass is 16.2. The van der Waals surface area contributed by atoms with Gasteiger partial charge < -0.3 is 10.2 Å². The Hall–Kier alpha value is -0.570. The van der Waals surface area contributed by atoms with Gasteiger partial charge in [-0.15, -0.1) is 0 Å². The molecule has 1 heterocycles. The first-order valence-corrected chi connectivity index (χ1v) is 7.21. The van der Waals surface area contributed by atoms with E-state index in [9.17, 15) is 4.79 Å². The number of hydrogen-bond acceptors (Lipinski definition) is 2. The normalized spacial score (nSPS) is 22.5. The number of piperidine rings is 1. The predicted molar refractivity (Wildman–Crippen MR) is 72.0 cm³/mol. The van der Waals surface area contributed by atoms with Crippen LogP contribution < -0.4 is 5.32 Å². The first-order chi connectivity index (χ1) is 8.19. The van der Waals surface area contributed by atoms with Crippen molar-refractivity contribution in [3.05, 3.63) is 0 Å². The molecular weight excluding hydrogens is 212 g/mol. The molecule has 0 bridgehead atoms. The summed E-state index contributed by atoms with van der Waals surface area (Å²) in [6, 6.07) is 0.938. The Balaban J connectivity index is 2.41. The average Bonchev–Trinajstić information content (AvgIpc) is 2.36. The number of carbonyl (C=O) groups excluding carboxylic acids is 1. The van der Waals surface area contributed by atoms with E-state index in [0.29, 0.717) is 24.5 Å². The van der Waals surface area contributed by atoms with Gasteiger partial charge in [-0.2, -0.15) is 0 Å². The molecule has 1 fully saturated rings. The second-order valence-electron chi connectivity index (χ2n) is 5.22. The summed E-state index contributed by atoms with van der Waals surface area (Å²) in [5.41, 5.74) is 0. The maximum absolute atomic E-state index is 12.2. The summed E-state index contributed by atoms with van der Waals surface area (Å²) in [6.07, 6.45) is 7.07. The quantitative estimate of drug-likeness (QED) is 0.774. The summed E-state index contributed by atoms with van der Waals surface area (Å²) in [5.74, 6) is 0.295. The van der Waals surface area contributed by atoms with E-state index in [1.807, 2.05) is 0 Å². The van der Waals surface area contributed by atoms with E-state index in [2.05, 4.69) is 31.0 Å². The minimum atomic E-state index is 0.295. The zero-order valence-corrected chi connectivity index (χ0v) is 11.7. The Morgan fingerprint density at radius 2 is 2.18 bits per heavy atom. The number of likely N-dealkylation sites (tertiary alicyclic amines) is 1. The molecule has 2 unspecified atom stereocenters. The fourth-order valence-electron chi connectivity index (χ4n) is 2.47. The van der Waals surface area contributed by atoms with Crippen LogP contribution in [0.25, 0.3) is 0 Å². The molecule has 100 valence electrons. The van der Waals surface area contributed by atoms with E-state index < -0.39 is 0 Å². The third kappa shape index (κ3) is 4.66. The highest BCUT2D eigenvalue weighted by Gasteiger charge is 2.25. The number of nitrogens with zero attached hydrogens (tertiary/aromatic N) is 1. The van der Waals surface area contributed by atoms with Crippen molar-refractivity contribution in [2.24, 2.45) is 0 Å². The maximum atomic E-state index is 12.2. The van der Waals surface area contributed by atoms with E-state index in [1.54, 1.807) is 0 Å². The molecule has 0 aromatic heterocycles. The molecule has 3 nitrogen and oxygen atoms in total. The van der Waals surface area contributed by atoms with Gasteiger partial charge in [-0.05, 0) is 39.0 Å². The minimum Gasteiger partial charge on any atom is -0.339 e. The van der Waals surface area contributed by atoms with Gasteiger partial charge >= 0.3 is 0 Å². The molecule has 1 saturated heterocycles. The van der Waals surface area contributed by atoms with Crippen LogP contribution in [0.1, 0.15) is 59.3 Å². The third-order valence-corrected chi connectivity index (χ3v) is 3.78. The second-order valence-corrected chi connectivity index (χ2v) is 5.22. The molecule has 3 heteroatoms. The lowest BCUT2D eigenvalue weighted by Gasteiger charge is -2.36. The minimum absolute atomic E-state index is 0.295. The average molecular weight is 240 g/mol. The number of nitrogens with one attached hydrogen (secondary N) is 1. The van der Waals surface area contributed by atoms with Gasteiger partial charge in [0.2, 0.25) is 5.91 Å². The summed E-state index contributed by atoms with van der Waals surface area (Å²) in [6.45, 7) is 7.95. The molecule has 0 saturated carbocycles. The molecule has 0 aromatic carbocycles. The predicted octanol–water partition coefficient (Wildman–Crippen LogP) is 2.56. The fourth-order valence-corrected chi connectivity index (χ4v) is 2.47. The van der Waals surface area contributed by atoms with Crippen LogP contribution in [0.2, 0.25) is 0 Å². The van der Waals surface area contributed by atoms with Gasteiger partial charge in [-0.25, -0.2) is 0 Å². The Labute approximate surface area is 106 Å². The molecule has 1 aliphatic heterocycles. The third-order valence-electron chi connectivity index (χ3n) is 3.78. The Kier molecular flexibility index (Phi) is 6.56. The zero-order chi connectivity index (χ0) is 12.7. The van der Waals surface area contributed by atoms with Gasteiger partial charge in [0.05, 0.1) is 6.54 Å². The Morgan fingerprint density at radius 1 is 1.41 bits per heavy atom. The highest BCUT2D eigenvalue weighted by molar-refractivity contribution is 5.78. The Bertz CT molecular complexity index is 228. The van der Waals surface area contributed by atoms with Crippen LogP contribution in [-0.4, -0.2) is 36.0 Å². The fraction of sp³-hybridized carbons (Fsp3) is 0.929. The van der Waals surface area contributed by atoms with Gasteiger partial charge in [0.15, 0.2) is 0 Å². The molecule has 1 aliphatic rings. The monoisotopic (exact) mass is 240 g/mol. The van der Waals surface area contributed by atoms with Crippen molar-refractivity contribution in [3.63, 3.8) is 0 Å². The number of hydrogen-bond donors (Lipinski definition) is 1. The van der Waals surface area contributed by atoms with E-state index in [-0.39, 0.29) is 0 Å². The first kappa shape index (κ1) is 14.5. The Morgan fingerprint density at radius 3 is 2.82 bits per heavy atom. The molecule has 1 rings (SSSR count). The maximum Gasteiger partial charge on any atom is 0.236 e. The number of carbonyl (C=O) groups is 1. The van der Waals surface area contributed by atoms with Crippen LogP contribution in [0.4, 0.5) is 0 Å². The van der Waals surface area contributed by atoms with Gasteiger partial charge in [0.1, 0.15) is 0 Å². The first-order valence-electron chi connectivity index (χ1n) is 7.21. The zero-order valence-electron chi connectivity index (χ0n) is 11.7. The molecule has 0 aromatic rings. The molecule has 1 amide bonds. The molecular formula is C14H28N2O. The van der Waals surface area contributed by atoms with Gasteiger partial charge in [0.25, 0.3) is 0 Å². The van der Waals surface area contributed by atoms with Crippen molar-refractivity contribution in [3.8, 4) is 0 Å². The number of rotatable bonds is 6. The summed E-state index contributed by atoms with van der Waals surface area (Å²) >= 11 is 0. The second kappa shape index (κ2) is 7.70. The lowest BCUT2D eigenvalue weighted by Crippen LogP contribution is -2.48. The molecule has 17 heavy (non-hydrogen) atoms. The van der Waals surface area contributed by atoms with E-state index >= 15 is 0 Å². The largest absolute Gasteiger partial charge is 0.339 e. The highest BCUT2D eigenvalue weighted by Crippen LogP contribution is 2.20. The lowest BCUT2D eigenvalue weighted by atomic mass is 9.98. The van der Waals surface area contributed by atoms with E-state index in [0.717, 1.165) is 19.4 Å². The van der Waals surface area contributed by atoms with Crippen LogP contribution in [0.3, 0.4) is 0 Å². The molecule has 0 aliphatic carbocycles. The van der Waals surface area contributed by atoms with Crippen molar-refractivity contribution in [1.82, 2.24) is 10.2 Å². The topological polar surface area (TPSA) is 32.3 Å². The molecule has 0 spiro atoms. The number of amides is 1. The standard InChI is InChI=1S/C14H28N2O/c1-4-8-13-9-6-7-10-16(13)14(17)11-15-12(3)5-2/h12-13,15H,4-11H2,1-3H3. The summed E-state index contributed by atoms with van der Waals surface area (Å²) in [7, 11) is 0. The smallest absolute Gasteiger partial charge is 0.236 e. The van der Waals surface area contributed by atoms with Crippen molar-refractivity contribution in [2.75, 3.05) is 13.1 Å². The molecule has 0 radical (unpaired) electrons. The SMILES string of the molecule is CCCC1CCCCN1C(=O)CNC(C)CC.